The van der Waals surface area contributed by atoms with Crippen LogP contribution in [0.4, 0.5) is 9.59 Å². The fourth-order valence-electron chi connectivity index (χ4n) is 7.33. The van der Waals surface area contributed by atoms with Crippen LogP contribution in [0.1, 0.15) is 95.8 Å². The number of hydrogen-bond acceptors (Lipinski definition) is 9. The van der Waals surface area contributed by atoms with Crippen LogP contribution in [0.3, 0.4) is 0 Å². The Bertz CT molecular complexity index is 1720. The molecule has 5 atom stereocenters. The molecule has 1 saturated heterocycles. The molecule has 0 radical (unpaired) electrons. The number of carbonyl (C=O) groups excluding carboxylic acids is 5. The molecule has 14 nitrogen and oxygen atoms in total. The Morgan fingerprint density at radius 2 is 1.86 bits per heavy atom. The largest absolute Gasteiger partial charge is 0.450 e. The van der Waals surface area contributed by atoms with Gasteiger partial charge in [0.25, 0.3) is 5.91 Å². The highest BCUT2D eigenvalue weighted by Crippen LogP contribution is 2.47. The Morgan fingerprint density at radius 1 is 1.10 bits per heavy atom. The van der Waals surface area contributed by atoms with Gasteiger partial charge in [-0.05, 0) is 66.5 Å². The Labute approximate surface area is 299 Å². The van der Waals surface area contributed by atoms with Gasteiger partial charge >= 0.3 is 12.2 Å². The quantitative estimate of drug-likeness (QED) is 0.396. The topological polar surface area (TPSA) is 181 Å². The molecule has 0 spiro atoms. The summed E-state index contributed by atoms with van der Waals surface area (Å²) in [5.74, 6) is -2.34. The van der Waals surface area contributed by atoms with Crippen LogP contribution in [0.2, 0.25) is 0 Å². The van der Waals surface area contributed by atoms with Crippen molar-refractivity contribution in [3.63, 3.8) is 0 Å². The lowest BCUT2D eigenvalue weighted by atomic mass is 9.85. The van der Waals surface area contributed by atoms with Gasteiger partial charge in [0.1, 0.15) is 23.7 Å². The summed E-state index contributed by atoms with van der Waals surface area (Å²) in [4.78, 5) is 71.4. The van der Waals surface area contributed by atoms with Gasteiger partial charge in [-0.1, -0.05) is 64.5 Å². The third-order valence-electron chi connectivity index (χ3n) is 10.6. The predicted octanol–water partition coefficient (Wildman–Crippen LogP) is 3.34. The molecule has 6 rings (SSSR count). The molecular formula is C36H49N5O9S. The van der Waals surface area contributed by atoms with Crippen molar-refractivity contribution in [3.05, 3.63) is 41.0 Å². The van der Waals surface area contributed by atoms with Crippen LogP contribution in [-0.2, 0) is 47.0 Å². The normalized spacial score (nSPS) is 28.7. The van der Waals surface area contributed by atoms with Gasteiger partial charge in [-0.3, -0.25) is 24.0 Å². The number of hydrogen-bond donors (Lipinski definition) is 3. The molecule has 5 amide bonds. The van der Waals surface area contributed by atoms with Crippen LogP contribution in [-0.4, -0.2) is 90.3 Å². The molecule has 0 unspecified atom stereocenters. The molecule has 1 aromatic carbocycles. The molecule has 0 aromatic heterocycles. The number of allylic oxidation sites excluding steroid dienone is 1. The van der Waals surface area contributed by atoms with Crippen molar-refractivity contribution in [1.29, 1.82) is 0 Å². The van der Waals surface area contributed by atoms with E-state index >= 15 is 0 Å². The molecule has 3 N–H and O–H groups in total. The second kappa shape index (κ2) is 14.1. The minimum atomic E-state index is -3.87. The fourth-order valence-corrected chi connectivity index (χ4v) is 8.70. The maximum Gasteiger partial charge on any atom is 0.410 e. The molecule has 3 heterocycles. The smallest absolute Gasteiger partial charge is 0.410 e. The van der Waals surface area contributed by atoms with Crippen LogP contribution in [0, 0.1) is 11.3 Å². The number of carbonyl (C=O) groups is 5. The molecule has 2 aliphatic carbocycles. The fraction of sp³-hybridized carbons (Fsp3) is 0.639. The first-order chi connectivity index (χ1) is 24.1. The Morgan fingerprint density at radius 3 is 2.55 bits per heavy atom. The predicted molar refractivity (Wildman–Crippen MR) is 186 cm³/mol. The first-order valence-electron chi connectivity index (χ1n) is 18.0. The maximum atomic E-state index is 14.4. The van der Waals surface area contributed by atoms with Gasteiger partial charge in [0.2, 0.25) is 21.8 Å². The third-order valence-corrected chi connectivity index (χ3v) is 12.4. The van der Waals surface area contributed by atoms with Crippen molar-refractivity contribution in [1.82, 2.24) is 25.2 Å². The number of benzene rings is 1. The Hall–Kier alpha value is -4.14. The van der Waals surface area contributed by atoms with Crippen LogP contribution < -0.4 is 15.4 Å². The van der Waals surface area contributed by atoms with Gasteiger partial charge in [-0.15, -0.1) is 0 Å². The maximum absolute atomic E-state index is 14.4. The summed E-state index contributed by atoms with van der Waals surface area (Å²) in [6.07, 6.45) is 5.65. The third kappa shape index (κ3) is 7.87. The van der Waals surface area contributed by atoms with Gasteiger partial charge < -0.3 is 25.0 Å². The van der Waals surface area contributed by atoms with Gasteiger partial charge in [0.05, 0.1) is 24.9 Å². The van der Waals surface area contributed by atoms with Crippen LogP contribution in [0.15, 0.2) is 24.3 Å². The van der Waals surface area contributed by atoms with Crippen LogP contribution in [0.5, 0.6) is 0 Å². The van der Waals surface area contributed by atoms with Gasteiger partial charge in [-0.2, -0.15) is 0 Å². The minimum Gasteiger partial charge on any atom is -0.450 e. The van der Waals surface area contributed by atoms with Crippen molar-refractivity contribution in [2.24, 2.45) is 11.3 Å². The highest BCUT2D eigenvalue weighted by atomic mass is 32.2. The molecule has 1 aromatic rings. The minimum absolute atomic E-state index is 0.0612. The zero-order chi connectivity index (χ0) is 36.7. The van der Waals surface area contributed by atoms with Gasteiger partial charge in [0, 0.05) is 13.0 Å². The Balaban J connectivity index is 1.27. The molecule has 2 saturated carbocycles. The van der Waals surface area contributed by atoms with Crippen LogP contribution in [0.25, 0.3) is 6.08 Å². The standard InChI is InChI=1S/C36H49N5O9S/c1-5-24-18-36(24,32(44)39-51(47,48)26-14-15-26)38-30(42)28-17-25-20-41(28)31(43)29(35(2,3)4)37-33(45)49-16-9-7-6-8-11-22-12-10-13-23-19-40(21-27(22)23)34(46)50-25/h8,10-13,24-26,28-29H,5-7,9,14-21H2,1-4H3,(H,37,45)(H,38,42)(H,39,44)/t24-,25-,28+,29-,36-/m1/s1. The lowest BCUT2D eigenvalue weighted by Crippen LogP contribution is -2.60. The number of alkyl carbamates (subject to hydrolysis) is 1. The lowest BCUT2D eigenvalue weighted by Gasteiger charge is -2.35. The molecule has 3 fully saturated rings. The first kappa shape index (κ1) is 36.6. The average molecular weight is 728 g/mol. The summed E-state index contributed by atoms with van der Waals surface area (Å²) < 4.78 is 38.9. The second-order valence-corrected chi connectivity index (χ2v) is 17.5. The first-order valence-corrected chi connectivity index (χ1v) is 19.5. The van der Waals surface area contributed by atoms with E-state index in [0.717, 1.165) is 29.5 Å². The molecule has 51 heavy (non-hydrogen) atoms. The number of amides is 5. The SMILES string of the molecule is CC[C@@H]1C[C@]1(NC(=O)[C@@H]1C[C@@H]2CN1C(=O)[C@H](C(C)(C)C)NC(=O)OCCCCC=Cc1cccc3c1CN(C3)C(=O)O2)C(=O)NS(=O)(=O)C1CC1. The molecule has 15 heteroatoms. The van der Waals surface area contributed by atoms with E-state index in [0.29, 0.717) is 38.8 Å². The van der Waals surface area contributed by atoms with E-state index in [9.17, 15) is 32.4 Å². The summed E-state index contributed by atoms with van der Waals surface area (Å²) in [5, 5.41) is 4.88. The zero-order valence-corrected chi connectivity index (χ0v) is 30.6. The molecule has 5 aliphatic rings. The molecule has 278 valence electrons. The molecule has 4 bridgehead atoms. The highest BCUT2D eigenvalue weighted by molar-refractivity contribution is 7.91. The summed E-state index contributed by atoms with van der Waals surface area (Å²) >= 11 is 0. The van der Waals surface area contributed by atoms with E-state index in [2.05, 4.69) is 21.4 Å². The van der Waals surface area contributed by atoms with Gasteiger partial charge in [0.15, 0.2) is 0 Å². The van der Waals surface area contributed by atoms with Crippen LogP contribution >= 0.6 is 0 Å². The van der Waals surface area contributed by atoms with Crippen molar-refractivity contribution in [2.75, 3.05) is 13.2 Å². The van der Waals surface area contributed by atoms with Crippen molar-refractivity contribution in [3.8, 4) is 0 Å². The monoisotopic (exact) mass is 727 g/mol. The van der Waals surface area contributed by atoms with E-state index < -0.39 is 74.3 Å². The number of cyclic esters (lactones) is 1. The second-order valence-electron chi connectivity index (χ2n) is 15.5. The number of rotatable bonds is 6. The van der Waals surface area contributed by atoms with E-state index in [1.807, 2.05) is 31.2 Å². The molecule has 3 aliphatic heterocycles. The summed E-state index contributed by atoms with van der Waals surface area (Å²) in [7, 11) is -3.87. The zero-order valence-electron chi connectivity index (χ0n) is 29.7. The summed E-state index contributed by atoms with van der Waals surface area (Å²) in [6.45, 7) is 7.90. The Kier molecular flexibility index (Phi) is 10.1. The number of ether oxygens (including phenoxy) is 2. The van der Waals surface area contributed by atoms with Crippen molar-refractivity contribution < 1.29 is 41.9 Å². The van der Waals surface area contributed by atoms with E-state index in [1.165, 1.54) is 4.90 Å². The summed E-state index contributed by atoms with van der Waals surface area (Å²) in [5.41, 5.74) is 0.766. The van der Waals surface area contributed by atoms with E-state index in [-0.39, 0.29) is 31.9 Å². The highest BCUT2D eigenvalue weighted by Gasteiger charge is 2.62. The van der Waals surface area contributed by atoms with Crippen molar-refractivity contribution in [2.45, 2.75) is 121 Å². The van der Waals surface area contributed by atoms with Crippen molar-refractivity contribution >= 4 is 46.0 Å². The van der Waals surface area contributed by atoms with E-state index in [4.69, 9.17) is 9.47 Å². The number of sulfonamides is 1. The number of nitrogens with zero attached hydrogens (tertiary/aromatic N) is 2. The van der Waals surface area contributed by atoms with Gasteiger partial charge in [-0.25, -0.2) is 18.0 Å². The number of fused-ring (bicyclic) bond motifs is 3. The summed E-state index contributed by atoms with van der Waals surface area (Å²) in [6, 6.07) is 3.63. The number of nitrogens with one attached hydrogen (secondary N) is 3. The molecular weight excluding hydrogens is 678 g/mol. The van der Waals surface area contributed by atoms with E-state index in [1.54, 1.807) is 25.7 Å². The lowest BCUT2D eigenvalue weighted by molar-refractivity contribution is -0.143. The average Bonchev–Trinajstić information content (AvgIpc) is 3.96.